The van der Waals surface area contributed by atoms with Gasteiger partial charge in [0.2, 0.25) is 0 Å². The Morgan fingerprint density at radius 2 is 1.38 bits per heavy atom. The molecule has 0 aliphatic heterocycles. The molecule has 0 aliphatic rings. The third-order valence-corrected chi connectivity index (χ3v) is 10.8. The van der Waals surface area contributed by atoms with Crippen LogP contribution in [0.4, 0.5) is 0 Å². The van der Waals surface area contributed by atoms with Gasteiger partial charge >= 0.3 is 0 Å². The molecule has 0 fully saturated rings. The van der Waals surface area contributed by atoms with Crippen LogP contribution in [0, 0.1) is 5.92 Å². The number of rotatable bonds is 17. The zero-order valence-corrected chi connectivity index (χ0v) is 32.6. The molecule has 0 saturated heterocycles. The molecule has 0 spiro atoms. The summed E-state index contributed by atoms with van der Waals surface area (Å²) >= 11 is 6.74. The Balaban J connectivity index is 1.26. The van der Waals surface area contributed by atoms with Gasteiger partial charge in [0.1, 0.15) is 11.4 Å². The highest BCUT2D eigenvalue weighted by Crippen LogP contribution is 2.43. The maximum absolute atomic E-state index is 10.1. The first-order valence-corrected chi connectivity index (χ1v) is 19.6. The maximum Gasteiger partial charge on any atom is 0.184 e. The Labute approximate surface area is 334 Å². The first kappa shape index (κ1) is 38.6. The first-order valence-electron chi connectivity index (χ1n) is 19.2. The summed E-state index contributed by atoms with van der Waals surface area (Å²) in [5.74, 6) is 1.41. The van der Waals surface area contributed by atoms with Gasteiger partial charge < -0.3 is 14.4 Å². The quantitative estimate of drug-likeness (QED) is 0.0734. The van der Waals surface area contributed by atoms with Crippen LogP contribution in [0.1, 0.15) is 60.5 Å². The highest BCUT2D eigenvalue weighted by Gasteiger charge is 2.42. The van der Waals surface area contributed by atoms with E-state index in [4.69, 9.17) is 31.6 Å². The van der Waals surface area contributed by atoms with Crippen LogP contribution in [0.15, 0.2) is 152 Å². The van der Waals surface area contributed by atoms with Crippen molar-refractivity contribution in [1.29, 1.82) is 0 Å². The van der Waals surface area contributed by atoms with E-state index in [2.05, 4.69) is 132 Å². The molecule has 0 unspecified atom stereocenters. The Morgan fingerprint density at radius 1 is 0.804 bits per heavy atom. The fraction of sp³-hybridized carbons (Fsp3) is 0.234. The average Bonchev–Trinajstić information content (AvgIpc) is 3.84. The van der Waals surface area contributed by atoms with Crippen molar-refractivity contribution in [2.75, 3.05) is 6.61 Å². The minimum absolute atomic E-state index is 0.170. The van der Waals surface area contributed by atoms with Gasteiger partial charge in [-0.15, -0.1) is 11.7 Å². The van der Waals surface area contributed by atoms with E-state index < -0.39 is 11.6 Å². The summed E-state index contributed by atoms with van der Waals surface area (Å²) in [7, 11) is 0. The molecular formula is C47H47ClN6O2. The Morgan fingerprint density at radius 3 is 1.93 bits per heavy atom. The van der Waals surface area contributed by atoms with E-state index in [-0.39, 0.29) is 12.5 Å². The second-order valence-corrected chi connectivity index (χ2v) is 14.4. The molecule has 7 aromatic rings. The summed E-state index contributed by atoms with van der Waals surface area (Å²) < 4.78 is 10.2. The molecule has 0 radical (unpaired) electrons. The van der Waals surface area contributed by atoms with Crippen molar-refractivity contribution in [1.82, 2.24) is 29.8 Å². The molecule has 0 bridgehead atoms. The Hall–Kier alpha value is -5.67. The topological polar surface area (TPSA) is 90.9 Å². The van der Waals surface area contributed by atoms with E-state index in [0.717, 1.165) is 69.7 Å². The number of tetrazole rings is 1. The molecule has 5 aromatic carbocycles. The van der Waals surface area contributed by atoms with Crippen LogP contribution >= 0.6 is 11.6 Å². The van der Waals surface area contributed by atoms with Crippen LogP contribution in [0.3, 0.4) is 0 Å². The summed E-state index contributed by atoms with van der Waals surface area (Å²) in [6.45, 7) is 8.97. The normalized spacial score (nSPS) is 12.7. The standard InChI is InChI=1S/C47H47ClN6O2/c1-4-6-26-44-49-45(48)43(33-56-32-36(5-2)34(3)55)53(44)31-35-27-29-37(30-28-35)41-24-16-17-25-42(41)46-50-51-52-54(46)47(38-18-10-7-11-19-38,39-20-12-8-13-21-39)40-22-14-9-15-23-40/h5,7-25,27-30,34,36,55H,2,4,6,26,31-33H2,1,3H3/t34-,36-/m1/s1. The molecule has 0 amide bonds. The average molecular weight is 763 g/mol. The van der Waals surface area contributed by atoms with Crippen molar-refractivity contribution < 1.29 is 9.84 Å². The van der Waals surface area contributed by atoms with Crippen molar-refractivity contribution in [2.24, 2.45) is 5.92 Å². The lowest BCUT2D eigenvalue weighted by molar-refractivity contribution is 0.0460. The molecule has 0 saturated carbocycles. The summed E-state index contributed by atoms with van der Waals surface area (Å²) in [4.78, 5) is 4.75. The van der Waals surface area contributed by atoms with Crippen LogP contribution in [0.25, 0.3) is 22.5 Å². The highest BCUT2D eigenvalue weighted by atomic mass is 35.5. The van der Waals surface area contributed by atoms with Crippen LogP contribution in [-0.4, -0.2) is 47.6 Å². The first-order chi connectivity index (χ1) is 27.4. The lowest BCUT2D eigenvalue weighted by Gasteiger charge is -2.36. The second kappa shape index (κ2) is 17.9. The van der Waals surface area contributed by atoms with Gasteiger partial charge in [-0.3, -0.25) is 0 Å². The van der Waals surface area contributed by atoms with Gasteiger partial charge in [0.25, 0.3) is 0 Å². The van der Waals surface area contributed by atoms with E-state index in [0.29, 0.717) is 24.1 Å². The number of imidazole rings is 1. The molecular weight excluding hydrogens is 716 g/mol. The monoisotopic (exact) mass is 762 g/mol. The molecule has 2 heterocycles. The summed E-state index contributed by atoms with van der Waals surface area (Å²) in [6, 6.07) is 48.2. The molecule has 0 aliphatic carbocycles. The molecule has 284 valence electrons. The molecule has 1 N–H and O–H groups in total. The van der Waals surface area contributed by atoms with Gasteiger partial charge in [-0.2, -0.15) is 0 Å². The van der Waals surface area contributed by atoms with Gasteiger partial charge in [-0.25, -0.2) is 9.67 Å². The Bertz CT molecular complexity index is 2230. The molecule has 2 aromatic heterocycles. The summed E-state index contributed by atoms with van der Waals surface area (Å²) in [5, 5.41) is 24.4. The van der Waals surface area contributed by atoms with Crippen molar-refractivity contribution in [3.63, 3.8) is 0 Å². The number of nitrogens with zero attached hydrogens (tertiary/aromatic N) is 6. The number of aliphatic hydroxyl groups is 1. The van der Waals surface area contributed by atoms with Crippen LogP contribution in [-0.2, 0) is 29.8 Å². The predicted octanol–water partition coefficient (Wildman–Crippen LogP) is 9.79. The van der Waals surface area contributed by atoms with Crippen LogP contribution in [0.5, 0.6) is 0 Å². The van der Waals surface area contributed by atoms with Gasteiger partial charge in [-0.05, 0) is 57.2 Å². The zero-order chi connectivity index (χ0) is 38.9. The van der Waals surface area contributed by atoms with Crippen LogP contribution < -0.4 is 0 Å². The number of unbranched alkanes of at least 4 members (excludes halogenated alkanes) is 1. The minimum Gasteiger partial charge on any atom is -0.393 e. The minimum atomic E-state index is -0.870. The smallest absolute Gasteiger partial charge is 0.184 e. The lowest BCUT2D eigenvalue weighted by atomic mass is 9.77. The number of aromatic nitrogens is 6. The number of aryl methyl sites for hydroxylation is 1. The SMILES string of the molecule is C=C[C@H](COCc1c(Cl)nc(CCCC)n1Cc1ccc(-c2ccccc2-c2nnnn2C(c2ccccc2)(c2ccccc2)c2ccccc2)cc1)[C@@H](C)O. The zero-order valence-electron chi connectivity index (χ0n) is 31.9. The summed E-state index contributed by atoms with van der Waals surface area (Å²) in [5.41, 5.74) is 7.14. The van der Waals surface area contributed by atoms with Gasteiger partial charge in [0.15, 0.2) is 11.0 Å². The number of hydrogen-bond acceptors (Lipinski definition) is 6. The number of ether oxygens (including phenoxy) is 1. The van der Waals surface area contributed by atoms with Gasteiger partial charge in [0.05, 0.1) is 25.0 Å². The number of benzene rings is 5. The second-order valence-electron chi connectivity index (χ2n) is 14.1. The van der Waals surface area contributed by atoms with Crippen molar-refractivity contribution in [2.45, 2.75) is 57.9 Å². The molecule has 8 nitrogen and oxygen atoms in total. The lowest BCUT2D eigenvalue weighted by Crippen LogP contribution is -2.39. The van der Waals surface area contributed by atoms with Crippen molar-refractivity contribution >= 4 is 11.6 Å². The number of hydrogen-bond donors (Lipinski definition) is 1. The third-order valence-electron chi connectivity index (χ3n) is 10.5. The molecule has 9 heteroatoms. The van der Waals surface area contributed by atoms with E-state index in [9.17, 15) is 5.11 Å². The van der Waals surface area contributed by atoms with Crippen molar-refractivity contribution in [3.8, 4) is 22.5 Å². The Kier molecular flexibility index (Phi) is 12.3. The van der Waals surface area contributed by atoms with Crippen LogP contribution in [0.2, 0.25) is 5.15 Å². The highest BCUT2D eigenvalue weighted by molar-refractivity contribution is 6.30. The summed E-state index contributed by atoms with van der Waals surface area (Å²) in [6.07, 6.45) is 4.04. The number of halogens is 1. The van der Waals surface area contributed by atoms with E-state index >= 15 is 0 Å². The van der Waals surface area contributed by atoms with Crippen molar-refractivity contribution in [3.05, 3.63) is 191 Å². The predicted molar refractivity (Wildman–Crippen MR) is 223 cm³/mol. The molecule has 2 atom stereocenters. The molecule has 56 heavy (non-hydrogen) atoms. The van der Waals surface area contributed by atoms with Gasteiger partial charge in [-0.1, -0.05) is 171 Å². The molecule has 7 rings (SSSR count). The van der Waals surface area contributed by atoms with E-state index in [1.165, 1.54) is 0 Å². The van der Waals surface area contributed by atoms with Gasteiger partial charge in [0, 0.05) is 24.4 Å². The third kappa shape index (κ3) is 7.86. The largest absolute Gasteiger partial charge is 0.393 e. The number of aliphatic hydroxyl groups excluding tert-OH is 1. The maximum atomic E-state index is 10.1. The van der Waals surface area contributed by atoms with E-state index in [1.807, 2.05) is 35.0 Å². The van der Waals surface area contributed by atoms with E-state index in [1.54, 1.807) is 13.0 Å². The fourth-order valence-electron chi connectivity index (χ4n) is 7.44. The fourth-order valence-corrected chi connectivity index (χ4v) is 7.69.